The van der Waals surface area contributed by atoms with Gasteiger partial charge in [0.1, 0.15) is 0 Å². The number of amides is 1. The Hall–Kier alpha value is -1.85. The van der Waals surface area contributed by atoms with Crippen molar-refractivity contribution < 1.29 is 4.79 Å². The molecule has 1 atom stereocenters. The lowest BCUT2D eigenvalue weighted by molar-refractivity contribution is 0.0673. The third-order valence-corrected chi connectivity index (χ3v) is 5.53. The Kier molecular flexibility index (Phi) is 4.77. The summed E-state index contributed by atoms with van der Waals surface area (Å²) in [6, 6.07) is 7.99. The number of H-pyrrole nitrogens is 1. The second-order valence-corrected chi connectivity index (χ2v) is 7.31. The Morgan fingerprint density at radius 2 is 2.04 bits per heavy atom. The maximum Gasteiger partial charge on any atom is 0.275 e. The van der Waals surface area contributed by atoms with Crippen molar-refractivity contribution in [1.82, 2.24) is 20.4 Å². The highest BCUT2D eigenvalue weighted by Crippen LogP contribution is 2.32. The van der Waals surface area contributed by atoms with E-state index in [1.165, 1.54) is 0 Å². The number of hydrogen-bond donors (Lipinski definition) is 2. The SMILES string of the molecule is O=C(c1n[nH]c2c1CNCC2)N1CCCCCC1c1ccc(Cl)cc1. The molecule has 0 aliphatic carbocycles. The van der Waals surface area contributed by atoms with E-state index in [-0.39, 0.29) is 11.9 Å². The zero-order chi connectivity index (χ0) is 17.2. The van der Waals surface area contributed by atoms with Gasteiger partial charge in [-0.05, 0) is 30.5 Å². The molecule has 0 spiro atoms. The molecule has 0 saturated carbocycles. The van der Waals surface area contributed by atoms with Gasteiger partial charge in [-0.1, -0.05) is 36.6 Å². The lowest BCUT2D eigenvalue weighted by Gasteiger charge is -2.30. The fraction of sp³-hybridized carbons (Fsp3) is 0.474. The number of carbonyl (C=O) groups excluding carboxylic acids is 1. The molecule has 2 aliphatic rings. The van der Waals surface area contributed by atoms with Crippen molar-refractivity contribution in [2.45, 2.75) is 44.7 Å². The van der Waals surface area contributed by atoms with Gasteiger partial charge in [-0.3, -0.25) is 9.89 Å². The maximum atomic E-state index is 13.3. The number of fused-ring (bicyclic) bond motifs is 1. The van der Waals surface area contributed by atoms with Gasteiger partial charge in [-0.25, -0.2) is 0 Å². The van der Waals surface area contributed by atoms with E-state index in [0.29, 0.717) is 12.2 Å². The summed E-state index contributed by atoms with van der Waals surface area (Å²) in [4.78, 5) is 15.3. The van der Waals surface area contributed by atoms with Crippen molar-refractivity contribution >= 4 is 17.5 Å². The predicted octanol–water partition coefficient (Wildman–Crippen LogP) is 3.47. The highest BCUT2D eigenvalue weighted by molar-refractivity contribution is 6.30. The summed E-state index contributed by atoms with van der Waals surface area (Å²) in [6.45, 7) is 2.42. The van der Waals surface area contributed by atoms with Crippen molar-refractivity contribution in [3.05, 3.63) is 51.8 Å². The topological polar surface area (TPSA) is 61.0 Å². The Balaban J connectivity index is 1.66. The van der Waals surface area contributed by atoms with Crippen LogP contribution in [-0.2, 0) is 13.0 Å². The molecule has 2 N–H and O–H groups in total. The molecule has 1 saturated heterocycles. The van der Waals surface area contributed by atoms with Crippen LogP contribution in [0.1, 0.15) is 59.0 Å². The van der Waals surface area contributed by atoms with E-state index in [1.807, 2.05) is 29.2 Å². The Labute approximate surface area is 152 Å². The number of hydrogen-bond acceptors (Lipinski definition) is 3. The van der Waals surface area contributed by atoms with Gasteiger partial charge in [0.15, 0.2) is 5.69 Å². The monoisotopic (exact) mass is 358 g/mol. The number of carbonyl (C=O) groups is 1. The minimum Gasteiger partial charge on any atom is -0.330 e. The lowest BCUT2D eigenvalue weighted by Crippen LogP contribution is -2.36. The molecule has 2 aliphatic heterocycles. The number of benzene rings is 1. The average Bonchev–Trinajstić information content (AvgIpc) is 2.91. The van der Waals surface area contributed by atoms with Crippen LogP contribution in [0.15, 0.2) is 24.3 Å². The Bertz CT molecular complexity index is 755. The summed E-state index contributed by atoms with van der Waals surface area (Å²) < 4.78 is 0. The van der Waals surface area contributed by atoms with Crippen LogP contribution in [0.5, 0.6) is 0 Å². The van der Waals surface area contributed by atoms with Gasteiger partial charge < -0.3 is 10.2 Å². The average molecular weight is 359 g/mol. The molecule has 3 heterocycles. The lowest BCUT2D eigenvalue weighted by atomic mass is 10.00. The van der Waals surface area contributed by atoms with Crippen molar-refractivity contribution in [3.63, 3.8) is 0 Å². The van der Waals surface area contributed by atoms with Gasteiger partial charge in [-0.15, -0.1) is 0 Å². The van der Waals surface area contributed by atoms with Crippen LogP contribution in [0.2, 0.25) is 5.02 Å². The Morgan fingerprint density at radius 3 is 2.88 bits per heavy atom. The molecule has 2 aromatic rings. The minimum absolute atomic E-state index is 0.0445. The number of aromatic amines is 1. The summed E-state index contributed by atoms with van der Waals surface area (Å²) in [5.41, 5.74) is 3.88. The zero-order valence-electron chi connectivity index (χ0n) is 14.2. The molecule has 4 rings (SSSR count). The normalized spacial score (nSPS) is 20.8. The van der Waals surface area contributed by atoms with E-state index in [4.69, 9.17) is 11.6 Å². The number of nitrogens with zero attached hydrogens (tertiary/aromatic N) is 2. The first-order chi connectivity index (χ1) is 12.2. The molecular weight excluding hydrogens is 336 g/mol. The number of halogens is 1. The molecule has 0 bridgehead atoms. The van der Waals surface area contributed by atoms with Gasteiger partial charge in [0, 0.05) is 42.3 Å². The summed E-state index contributed by atoms with van der Waals surface area (Å²) in [5, 5.41) is 11.5. The van der Waals surface area contributed by atoms with Crippen LogP contribution in [0.3, 0.4) is 0 Å². The van der Waals surface area contributed by atoms with Crippen molar-refractivity contribution in [1.29, 1.82) is 0 Å². The second-order valence-electron chi connectivity index (χ2n) is 6.87. The first-order valence-electron chi connectivity index (χ1n) is 9.07. The van der Waals surface area contributed by atoms with Gasteiger partial charge >= 0.3 is 0 Å². The molecule has 1 aromatic heterocycles. The molecule has 1 unspecified atom stereocenters. The smallest absolute Gasteiger partial charge is 0.275 e. The number of rotatable bonds is 2. The van der Waals surface area contributed by atoms with Gasteiger partial charge in [0.2, 0.25) is 0 Å². The largest absolute Gasteiger partial charge is 0.330 e. The molecule has 1 amide bonds. The molecular formula is C19H23ClN4O. The fourth-order valence-corrected chi connectivity index (χ4v) is 4.05. The van der Waals surface area contributed by atoms with Gasteiger partial charge in [0.25, 0.3) is 5.91 Å². The van der Waals surface area contributed by atoms with Gasteiger partial charge in [0.05, 0.1) is 6.04 Å². The molecule has 132 valence electrons. The van der Waals surface area contributed by atoms with E-state index in [1.54, 1.807) is 0 Å². The third kappa shape index (κ3) is 3.31. The summed E-state index contributed by atoms with van der Waals surface area (Å²) in [7, 11) is 0. The second kappa shape index (κ2) is 7.18. The predicted molar refractivity (Wildman–Crippen MR) is 97.7 cm³/mol. The highest BCUT2D eigenvalue weighted by Gasteiger charge is 2.31. The Morgan fingerprint density at radius 1 is 1.20 bits per heavy atom. The van der Waals surface area contributed by atoms with Crippen LogP contribution in [0.4, 0.5) is 0 Å². The molecule has 5 nitrogen and oxygen atoms in total. The standard InChI is InChI=1S/C19H23ClN4O/c20-14-7-5-13(6-8-14)17-4-2-1-3-11-24(17)19(25)18-15-12-21-10-9-16(15)22-23-18/h5-8,17,21H,1-4,9-12H2,(H,22,23). The zero-order valence-corrected chi connectivity index (χ0v) is 15.0. The van der Waals surface area contributed by atoms with Crippen molar-refractivity contribution in [2.24, 2.45) is 0 Å². The first kappa shape index (κ1) is 16.6. The van der Waals surface area contributed by atoms with E-state index < -0.39 is 0 Å². The molecule has 25 heavy (non-hydrogen) atoms. The minimum atomic E-state index is 0.0445. The first-order valence-corrected chi connectivity index (χ1v) is 9.45. The summed E-state index contributed by atoms with van der Waals surface area (Å²) >= 11 is 6.04. The van der Waals surface area contributed by atoms with Crippen LogP contribution in [0.25, 0.3) is 0 Å². The molecule has 6 heteroatoms. The highest BCUT2D eigenvalue weighted by atomic mass is 35.5. The van der Waals surface area contributed by atoms with E-state index in [0.717, 1.165) is 67.0 Å². The summed E-state index contributed by atoms with van der Waals surface area (Å²) in [5.74, 6) is 0.0445. The van der Waals surface area contributed by atoms with Crippen LogP contribution in [0, 0.1) is 0 Å². The number of nitrogens with one attached hydrogen (secondary N) is 2. The molecule has 0 radical (unpaired) electrons. The number of likely N-dealkylation sites (tertiary alicyclic amines) is 1. The van der Waals surface area contributed by atoms with E-state index >= 15 is 0 Å². The van der Waals surface area contributed by atoms with Crippen LogP contribution >= 0.6 is 11.6 Å². The summed E-state index contributed by atoms with van der Waals surface area (Å²) in [6.07, 6.45) is 5.22. The quantitative estimate of drug-likeness (QED) is 0.864. The van der Waals surface area contributed by atoms with Crippen LogP contribution < -0.4 is 5.32 Å². The molecule has 1 aromatic carbocycles. The van der Waals surface area contributed by atoms with E-state index in [2.05, 4.69) is 15.5 Å². The third-order valence-electron chi connectivity index (χ3n) is 5.28. The maximum absolute atomic E-state index is 13.3. The number of aromatic nitrogens is 2. The van der Waals surface area contributed by atoms with Crippen LogP contribution in [-0.4, -0.2) is 34.1 Å². The van der Waals surface area contributed by atoms with Crippen molar-refractivity contribution in [3.8, 4) is 0 Å². The molecule has 1 fully saturated rings. The van der Waals surface area contributed by atoms with E-state index in [9.17, 15) is 4.79 Å². The van der Waals surface area contributed by atoms with Crippen molar-refractivity contribution in [2.75, 3.05) is 13.1 Å². The van der Waals surface area contributed by atoms with Gasteiger partial charge in [-0.2, -0.15) is 5.10 Å². The fourth-order valence-electron chi connectivity index (χ4n) is 3.92.